The fourth-order valence-electron chi connectivity index (χ4n) is 2.48. The SMILES string of the molecule is CC(C)(C)OC(=O)[C@@H]1CCN(c2ccccn2)[C@H]([NH3+])C1. The molecule has 3 N–H and O–H groups in total. The Morgan fingerprint density at radius 2 is 2.20 bits per heavy atom. The molecule has 0 aliphatic carbocycles. The second kappa shape index (κ2) is 5.79. The van der Waals surface area contributed by atoms with Gasteiger partial charge in [0.25, 0.3) is 0 Å². The summed E-state index contributed by atoms with van der Waals surface area (Å²) in [6.07, 6.45) is 3.33. The minimum absolute atomic E-state index is 0.0520. The van der Waals surface area contributed by atoms with Gasteiger partial charge in [-0.1, -0.05) is 6.07 Å². The second-order valence-corrected chi connectivity index (χ2v) is 6.29. The van der Waals surface area contributed by atoms with Gasteiger partial charge < -0.3 is 15.4 Å². The highest BCUT2D eigenvalue weighted by Gasteiger charge is 2.35. The van der Waals surface area contributed by atoms with Crippen LogP contribution in [0.3, 0.4) is 0 Å². The van der Waals surface area contributed by atoms with E-state index in [0.29, 0.717) is 6.42 Å². The van der Waals surface area contributed by atoms with Crippen molar-refractivity contribution in [1.29, 1.82) is 0 Å². The Morgan fingerprint density at radius 3 is 2.75 bits per heavy atom. The van der Waals surface area contributed by atoms with Crippen molar-refractivity contribution in [2.75, 3.05) is 11.4 Å². The third-order valence-corrected chi connectivity index (χ3v) is 3.40. The number of ether oxygens (including phenoxy) is 1. The summed E-state index contributed by atoms with van der Waals surface area (Å²) in [5.41, 5.74) is 3.74. The lowest BCUT2D eigenvalue weighted by Crippen LogP contribution is -2.72. The topological polar surface area (TPSA) is 70.1 Å². The minimum atomic E-state index is -0.425. The molecule has 0 bridgehead atoms. The maximum atomic E-state index is 12.1. The van der Waals surface area contributed by atoms with Crippen LogP contribution in [0.25, 0.3) is 0 Å². The number of anilines is 1. The van der Waals surface area contributed by atoms with Crippen molar-refractivity contribution >= 4 is 11.8 Å². The van der Waals surface area contributed by atoms with Gasteiger partial charge in [0.1, 0.15) is 11.4 Å². The Balaban J connectivity index is 1.97. The minimum Gasteiger partial charge on any atom is -0.460 e. The molecular formula is C15H24N3O2+. The van der Waals surface area contributed by atoms with E-state index in [1.807, 2.05) is 39.0 Å². The second-order valence-electron chi connectivity index (χ2n) is 6.29. The van der Waals surface area contributed by atoms with Crippen molar-refractivity contribution in [1.82, 2.24) is 4.98 Å². The molecule has 1 aliphatic rings. The van der Waals surface area contributed by atoms with Crippen molar-refractivity contribution in [3.63, 3.8) is 0 Å². The first-order chi connectivity index (χ1) is 9.37. The molecule has 0 radical (unpaired) electrons. The van der Waals surface area contributed by atoms with Crippen molar-refractivity contribution in [2.24, 2.45) is 5.92 Å². The Bertz CT molecular complexity index is 456. The van der Waals surface area contributed by atoms with Gasteiger partial charge in [-0.2, -0.15) is 0 Å². The van der Waals surface area contributed by atoms with E-state index in [4.69, 9.17) is 4.74 Å². The van der Waals surface area contributed by atoms with Crippen LogP contribution in [0.5, 0.6) is 0 Å². The van der Waals surface area contributed by atoms with Gasteiger partial charge in [-0.3, -0.25) is 4.79 Å². The predicted octanol–water partition coefficient (Wildman–Crippen LogP) is 1.21. The van der Waals surface area contributed by atoms with Gasteiger partial charge in [0.15, 0.2) is 6.17 Å². The average molecular weight is 278 g/mol. The zero-order chi connectivity index (χ0) is 14.8. The molecule has 1 saturated heterocycles. The zero-order valence-electron chi connectivity index (χ0n) is 12.5. The largest absolute Gasteiger partial charge is 0.460 e. The standard InChI is InChI=1S/C15H23N3O2/c1-15(2,3)20-14(19)11-7-9-18(12(16)10-11)13-6-4-5-8-17-13/h4-6,8,11-12H,7,9-10,16H2,1-3H3/p+1/t11-,12+/m1/s1. The predicted molar refractivity (Wildman–Crippen MR) is 76.8 cm³/mol. The average Bonchev–Trinajstić information content (AvgIpc) is 2.37. The molecular weight excluding hydrogens is 254 g/mol. The van der Waals surface area contributed by atoms with Gasteiger partial charge >= 0.3 is 5.97 Å². The van der Waals surface area contributed by atoms with E-state index in [-0.39, 0.29) is 18.1 Å². The molecule has 1 aliphatic heterocycles. The molecule has 5 nitrogen and oxygen atoms in total. The molecule has 0 saturated carbocycles. The molecule has 0 amide bonds. The molecule has 5 heteroatoms. The Kier molecular flexibility index (Phi) is 4.28. The lowest BCUT2D eigenvalue weighted by atomic mass is 9.94. The smallest absolute Gasteiger partial charge is 0.309 e. The molecule has 2 rings (SSSR count). The van der Waals surface area contributed by atoms with Crippen LogP contribution in [0.1, 0.15) is 33.6 Å². The number of esters is 1. The first-order valence-electron chi connectivity index (χ1n) is 7.10. The van der Waals surface area contributed by atoms with Crippen molar-refractivity contribution in [3.05, 3.63) is 24.4 Å². The summed E-state index contributed by atoms with van der Waals surface area (Å²) in [5.74, 6) is 0.763. The molecule has 1 aromatic heterocycles. The van der Waals surface area contributed by atoms with E-state index in [9.17, 15) is 4.79 Å². The molecule has 1 fully saturated rings. The summed E-state index contributed by atoms with van der Waals surface area (Å²) in [6.45, 7) is 6.48. The van der Waals surface area contributed by atoms with Crippen LogP contribution in [0, 0.1) is 5.92 Å². The molecule has 0 aromatic carbocycles. The normalized spacial score (nSPS) is 23.5. The summed E-state index contributed by atoms with van der Waals surface area (Å²) >= 11 is 0. The maximum absolute atomic E-state index is 12.1. The van der Waals surface area contributed by atoms with Crippen LogP contribution in [-0.2, 0) is 9.53 Å². The fourth-order valence-corrected chi connectivity index (χ4v) is 2.48. The highest BCUT2D eigenvalue weighted by atomic mass is 16.6. The van der Waals surface area contributed by atoms with Crippen LogP contribution in [-0.4, -0.2) is 29.3 Å². The van der Waals surface area contributed by atoms with E-state index < -0.39 is 5.60 Å². The highest BCUT2D eigenvalue weighted by molar-refractivity contribution is 5.73. The highest BCUT2D eigenvalue weighted by Crippen LogP contribution is 2.26. The third-order valence-electron chi connectivity index (χ3n) is 3.40. The Morgan fingerprint density at radius 1 is 1.45 bits per heavy atom. The van der Waals surface area contributed by atoms with Crippen molar-refractivity contribution in [3.8, 4) is 0 Å². The lowest BCUT2D eigenvalue weighted by Gasteiger charge is -2.35. The van der Waals surface area contributed by atoms with Crippen LogP contribution < -0.4 is 10.6 Å². The van der Waals surface area contributed by atoms with Gasteiger partial charge in [-0.25, -0.2) is 4.98 Å². The summed E-state index contributed by atoms with van der Waals surface area (Å²) in [5, 5.41) is 0. The fraction of sp³-hybridized carbons (Fsp3) is 0.600. The number of pyridine rings is 1. The number of carbonyl (C=O) groups excluding carboxylic acids is 1. The van der Waals surface area contributed by atoms with E-state index in [1.54, 1.807) is 6.20 Å². The van der Waals surface area contributed by atoms with Crippen LogP contribution in [0.2, 0.25) is 0 Å². The first kappa shape index (κ1) is 14.8. The van der Waals surface area contributed by atoms with Gasteiger partial charge in [0.2, 0.25) is 0 Å². The van der Waals surface area contributed by atoms with Crippen molar-refractivity contribution in [2.45, 2.75) is 45.4 Å². The zero-order valence-corrected chi connectivity index (χ0v) is 12.5. The summed E-state index contributed by atoms with van der Waals surface area (Å²) in [6, 6.07) is 5.84. The quantitative estimate of drug-likeness (QED) is 0.825. The number of hydrogen-bond acceptors (Lipinski definition) is 4. The monoisotopic (exact) mass is 278 g/mol. The maximum Gasteiger partial charge on any atom is 0.309 e. The molecule has 0 spiro atoms. The first-order valence-corrected chi connectivity index (χ1v) is 7.10. The number of nitrogens with zero attached hydrogens (tertiary/aromatic N) is 2. The van der Waals surface area contributed by atoms with E-state index in [1.165, 1.54) is 0 Å². The van der Waals surface area contributed by atoms with Gasteiger partial charge in [-0.05, 0) is 39.3 Å². The van der Waals surface area contributed by atoms with E-state index in [2.05, 4.69) is 15.6 Å². The molecule has 20 heavy (non-hydrogen) atoms. The lowest BCUT2D eigenvalue weighted by molar-refractivity contribution is -0.424. The van der Waals surface area contributed by atoms with Crippen molar-refractivity contribution < 1.29 is 15.3 Å². The number of carbonyl (C=O) groups is 1. The van der Waals surface area contributed by atoms with Crippen LogP contribution >= 0.6 is 0 Å². The van der Waals surface area contributed by atoms with Gasteiger partial charge in [-0.15, -0.1) is 0 Å². The number of piperidine rings is 1. The Hall–Kier alpha value is -1.62. The van der Waals surface area contributed by atoms with Crippen LogP contribution in [0.4, 0.5) is 5.82 Å². The summed E-state index contributed by atoms with van der Waals surface area (Å²) < 4.78 is 5.47. The number of aromatic nitrogens is 1. The molecule has 110 valence electrons. The molecule has 2 heterocycles. The molecule has 0 unspecified atom stereocenters. The van der Waals surface area contributed by atoms with Gasteiger partial charge in [0.05, 0.1) is 5.92 Å². The number of rotatable bonds is 2. The number of hydrogen-bond donors (Lipinski definition) is 1. The Labute approximate surface area is 120 Å². The molecule has 1 aromatic rings. The van der Waals surface area contributed by atoms with E-state index >= 15 is 0 Å². The van der Waals surface area contributed by atoms with Crippen LogP contribution in [0.15, 0.2) is 24.4 Å². The van der Waals surface area contributed by atoms with Gasteiger partial charge in [0, 0.05) is 19.2 Å². The summed E-state index contributed by atoms with van der Waals surface area (Å²) in [4.78, 5) is 18.6. The third kappa shape index (κ3) is 3.70. The van der Waals surface area contributed by atoms with E-state index in [0.717, 1.165) is 18.8 Å². The summed E-state index contributed by atoms with van der Waals surface area (Å²) in [7, 11) is 0. The number of quaternary nitrogens is 1. The molecule has 2 atom stereocenters.